The number of nitrogens with one attached hydrogen (secondary N) is 1. The molecule has 1 aromatic heterocycles. The molecule has 10 heteroatoms. The Bertz CT molecular complexity index is 897. The number of aryl methyl sites for hydroxylation is 1. The molecule has 0 unspecified atom stereocenters. The Balaban J connectivity index is 1.80. The van der Waals surface area contributed by atoms with Crippen LogP contribution in [0.25, 0.3) is 0 Å². The molecular formula is C22H31N3O7. The molecule has 1 aliphatic heterocycles. The van der Waals surface area contributed by atoms with E-state index >= 15 is 0 Å². The zero-order chi connectivity index (χ0) is 23.4. The lowest BCUT2D eigenvalue weighted by Crippen LogP contribution is -2.60. The summed E-state index contributed by atoms with van der Waals surface area (Å²) in [4.78, 5) is 11.0. The summed E-state index contributed by atoms with van der Waals surface area (Å²) in [6, 6.07) is 7.77. The third-order valence-corrected chi connectivity index (χ3v) is 5.58. The third-order valence-electron chi connectivity index (χ3n) is 5.58. The first kappa shape index (κ1) is 24.1. The molecule has 1 aliphatic rings. The van der Waals surface area contributed by atoms with E-state index in [1.807, 2.05) is 38.1 Å². The summed E-state index contributed by atoms with van der Waals surface area (Å²) >= 11 is 0. The molecule has 3 rings (SSSR count). The van der Waals surface area contributed by atoms with E-state index < -0.39 is 37.3 Å². The Morgan fingerprint density at radius 3 is 2.41 bits per heavy atom. The van der Waals surface area contributed by atoms with Crippen LogP contribution in [0.3, 0.4) is 0 Å². The van der Waals surface area contributed by atoms with E-state index in [4.69, 9.17) is 15.2 Å². The van der Waals surface area contributed by atoms with Crippen LogP contribution in [0.2, 0.25) is 0 Å². The van der Waals surface area contributed by atoms with Crippen LogP contribution in [0.15, 0.2) is 24.3 Å². The molecule has 0 aliphatic carbocycles. The van der Waals surface area contributed by atoms with E-state index in [1.165, 1.54) is 0 Å². The van der Waals surface area contributed by atoms with Gasteiger partial charge in [0.25, 0.3) is 0 Å². The second kappa shape index (κ2) is 10.4. The number of amides is 1. The number of aliphatic hydroxyl groups excluding tert-OH is 4. The van der Waals surface area contributed by atoms with Crippen molar-refractivity contribution in [3.8, 4) is 5.88 Å². The summed E-state index contributed by atoms with van der Waals surface area (Å²) in [5.74, 6) is -0.0284. The average Bonchev–Trinajstić information content (AvgIpc) is 3.16. The van der Waals surface area contributed by atoms with Crippen LogP contribution < -0.4 is 10.5 Å². The van der Waals surface area contributed by atoms with Gasteiger partial charge >= 0.3 is 0 Å². The molecule has 176 valence electrons. The number of aromatic nitrogens is 2. The van der Waals surface area contributed by atoms with Gasteiger partial charge < -0.3 is 35.6 Å². The maximum atomic E-state index is 11.0. The molecule has 1 amide bonds. The van der Waals surface area contributed by atoms with E-state index in [2.05, 4.69) is 10.2 Å². The van der Waals surface area contributed by atoms with Crippen molar-refractivity contribution < 1.29 is 34.7 Å². The molecule has 1 aromatic carbocycles. The van der Waals surface area contributed by atoms with Gasteiger partial charge in [0.1, 0.15) is 24.4 Å². The molecule has 0 radical (unpaired) electrons. The SMILES string of the molecule is CC(C)c1[nH]nc(O[C@@H]2O[C@H](CO)[C@@H](O)[C@H](O)[C@H]2O)c1Cc1ccc(CCC(N)=O)cc1. The van der Waals surface area contributed by atoms with Gasteiger partial charge in [-0.2, -0.15) is 0 Å². The van der Waals surface area contributed by atoms with E-state index in [-0.39, 0.29) is 24.1 Å². The highest BCUT2D eigenvalue weighted by atomic mass is 16.7. The molecule has 10 nitrogen and oxygen atoms in total. The summed E-state index contributed by atoms with van der Waals surface area (Å²) < 4.78 is 11.2. The molecule has 5 atom stereocenters. The lowest BCUT2D eigenvalue weighted by Gasteiger charge is -2.39. The quantitative estimate of drug-likeness (QED) is 0.303. The first-order valence-electron chi connectivity index (χ1n) is 10.6. The second-order valence-electron chi connectivity index (χ2n) is 8.35. The highest BCUT2D eigenvalue weighted by molar-refractivity contribution is 5.74. The number of carbonyl (C=O) groups is 1. The second-order valence-corrected chi connectivity index (χ2v) is 8.35. The monoisotopic (exact) mass is 449 g/mol. The van der Waals surface area contributed by atoms with E-state index in [0.29, 0.717) is 12.8 Å². The molecular weight excluding hydrogens is 418 g/mol. The first-order chi connectivity index (χ1) is 15.2. The van der Waals surface area contributed by atoms with Crippen LogP contribution in [0.1, 0.15) is 48.6 Å². The molecule has 2 heterocycles. The highest BCUT2D eigenvalue weighted by Gasteiger charge is 2.45. The number of H-pyrrole nitrogens is 1. The Kier molecular flexibility index (Phi) is 7.86. The van der Waals surface area contributed by atoms with Gasteiger partial charge in [0, 0.05) is 24.1 Å². The van der Waals surface area contributed by atoms with Crippen molar-refractivity contribution in [2.75, 3.05) is 6.61 Å². The normalized spacial score (nSPS) is 25.8. The van der Waals surface area contributed by atoms with Gasteiger partial charge in [-0.1, -0.05) is 38.1 Å². The summed E-state index contributed by atoms with van der Waals surface area (Å²) in [6.07, 6.45) is -5.57. The van der Waals surface area contributed by atoms with Gasteiger partial charge in [0.05, 0.1) is 6.61 Å². The van der Waals surface area contributed by atoms with Crippen LogP contribution >= 0.6 is 0 Å². The van der Waals surface area contributed by atoms with Crippen molar-refractivity contribution >= 4 is 5.91 Å². The summed E-state index contributed by atoms with van der Waals surface area (Å²) in [6.45, 7) is 3.46. The summed E-state index contributed by atoms with van der Waals surface area (Å²) in [5, 5.41) is 46.8. The summed E-state index contributed by atoms with van der Waals surface area (Å²) in [5.41, 5.74) is 8.81. The standard InChI is InChI=1S/C22H31N3O7/c1-11(2)17-14(9-13-5-3-12(4-6-13)7-8-16(23)27)21(25-24-17)32-22-20(30)19(29)18(28)15(10-26)31-22/h3-6,11,15,18-20,22,26,28-30H,7-10H2,1-2H3,(H2,23,27)(H,24,25)/t15-,18-,19+,20-,22+/m1/s1. The van der Waals surface area contributed by atoms with Gasteiger partial charge in [-0.15, -0.1) is 5.10 Å². The van der Waals surface area contributed by atoms with Crippen LogP contribution in [0.4, 0.5) is 0 Å². The van der Waals surface area contributed by atoms with Gasteiger partial charge in [-0.05, 0) is 23.5 Å². The average molecular weight is 450 g/mol. The molecule has 1 fully saturated rings. The van der Waals surface area contributed by atoms with Gasteiger partial charge in [0.15, 0.2) is 0 Å². The number of nitrogens with two attached hydrogens (primary N) is 1. The van der Waals surface area contributed by atoms with Gasteiger partial charge in [-0.25, -0.2) is 0 Å². The van der Waals surface area contributed by atoms with Crippen molar-refractivity contribution in [2.24, 2.45) is 5.73 Å². The first-order valence-corrected chi connectivity index (χ1v) is 10.6. The maximum Gasteiger partial charge on any atom is 0.238 e. The largest absolute Gasteiger partial charge is 0.443 e. The van der Waals surface area contributed by atoms with Gasteiger partial charge in [-0.3, -0.25) is 9.89 Å². The predicted octanol–water partition coefficient (Wildman–Crippen LogP) is -0.279. The zero-order valence-corrected chi connectivity index (χ0v) is 18.1. The fourth-order valence-electron chi connectivity index (χ4n) is 3.68. The molecule has 7 N–H and O–H groups in total. The van der Waals surface area contributed by atoms with Gasteiger partial charge in [0.2, 0.25) is 18.1 Å². The smallest absolute Gasteiger partial charge is 0.238 e. The number of ether oxygens (including phenoxy) is 2. The zero-order valence-electron chi connectivity index (χ0n) is 18.1. The van der Waals surface area contributed by atoms with Crippen molar-refractivity contribution in [3.05, 3.63) is 46.6 Å². The number of primary amides is 1. The molecule has 32 heavy (non-hydrogen) atoms. The molecule has 1 saturated heterocycles. The Morgan fingerprint density at radius 2 is 1.81 bits per heavy atom. The Labute approximate surface area is 186 Å². The number of carbonyl (C=O) groups excluding carboxylic acids is 1. The molecule has 0 saturated carbocycles. The number of nitrogens with zero attached hydrogens (tertiary/aromatic N) is 1. The topological polar surface area (TPSA) is 171 Å². The van der Waals surface area contributed by atoms with Crippen LogP contribution in [-0.4, -0.2) is 73.8 Å². The minimum absolute atomic E-state index is 0.111. The van der Waals surface area contributed by atoms with Crippen LogP contribution in [0.5, 0.6) is 5.88 Å². The Morgan fingerprint density at radius 1 is 1.16 bits per heavy atom. The van der Waals surface area contributed by atoms with Crippen molar-refractivity contribution in [2.45, 2.75) is 69.7 Å². The van der Waals surface area contributed by atoms with Crippen molar-refractivity contribution in [1.29, 1.82) is 0 Å². The number of benzene rings is 1. The fourth-order valence-corrected chi connectivity index (χ4v) is 3.68. The van der Waals surface area contributed by atoms with Crippen LogP contribution in [0, 0.1) is 0 Å². The number of hydrogen-bond donors (Lipinski definition) is 6. The summed E-state index contributed by atoms with van der Waals surface area (Å²) in [7, 11) is 0. The molecule has 2 aromatic rings. The maximum absolute atomic E-state index is 11.0. The minimum atomic E-state index is -1.54. The Hall–Kier alpha value is -2.50. The van der Waals surface area contributed by atoms with Crippen LogP contribution in [-0.2, 0) is 22.4 Å². The fraction of sp³-hybridized carbons (Fsp3) is 0.545. The van der Waals surface area contributed by atoms with Crippen molar-refractivity contribution in [3.63, 3.8) is 0 Å². The lowest BCUT2D eigenvalue weighted by atomic mass is 9.98. The minimum Gasteiger partial charge on any atom is -0.443 e. The van der Waals surface area contributed by atoms with Crippen molar-refractivity contribution in [1.82, 2.24) is 10.2 Å². The number of rotatable bonds is 9. The number of aromatic amines is 1. The number of hydrogen-bond acceptors (Lipinski definition) is 8. The lowest BCUT2D eigenvalue weighted by molar-refractivity contribution is -0.278. The molecule has 0 spiro atoms. The molecule has 0 bridgehead atoms. The van der Waals surface area contributed by atoms with E-state index in [1.54, 1.807) is 0 Å². The highest BCUT2D eigenvalue weighted by Crippen LogP contribution is 2.31. The van der Waals surface area contributed by atoms with E-state index in [0.717, 1.165) is 22.4 Å². The number of aliphatic hydroxyl groups is 4. The third kappa shape index (κ3) is 5.45. The predicted molar refractivity (Wildman–Crippen MR) is 114 cm³/mol. The van der Waals surface area contributed by atoms with E-state index in [9.17, 15) is 25.2 Å².